The molecule has 2 rings (SSSR count). The van der Waals surface area contributed by atoms with Crippen molar-refractivity contribution in [2.45, 2.75) is 32.4 Å². The highest BCUT2D eigenvalue weighted by Crippen LogP contribution is 2.25. The molecule has 1 saturated carbocycles. The fourth-order valence-corrected chi connectivity index (χ4v) is 2.37. The standard InChI is InChI=1S/C16H25FN4/c1-3-21(15-8-9-15)11-10-19-16(18-2)20-12-13-4-6-14(17)7-5-13/h4-7,15H,3,8-12H2,1-2H3,(H2,18,19,20). The number of guanidine groups is 1. The third-order valence-electron chi connectivity index (χ3n) is 3.76. The van der Waals surface area contributed by atoms with Crippen LogP contribution in [0.2, 0.25) is 0 Å². The highest BCUT2D eigenvalue weighted by Gasteiger charge is 2.27. The SMILES string of the molecule is CCN(CCNC(=NC)NCc1ccc(F)cc1)C1CC1. The molecule has 1 aromatic rings. The largest absolute Gasteiger partial charge is 0.355 e. The fourth-order valence-electron chi connectivity index (χ4n) is 2.37. The lowest BCUT2D eigenvalue weighted by Crippen LogP contribution is -2.41. The van der Waals surface area contributed by atoms with Crippen molar-refractivity contribution in [3.8, 4) is 0 Å². The first-order valence-electron chi connectivity index (χ1n) is 7.66. The van der Waals surface area contributed by atoms with Gasteiger partial charge in [-0.25, -0.2) is 4.39 Å². The number of benzene rings is 1. The van der Waals surface area contributed by atoms with E-state index < -0.39 is 0 Å². The van der Waals surface area contributed by atoms with Crippen LogP contribution in [0, 0.1) is 5.82 Å². The molecule has 0 unspecified atom stereocenters. The molecule has 1 aliphatic rings. The van der Waals surface area contributed by atoms with Crippen LogP contribution in [-0.4, -0.2) is 43.6 Å². The molecule has 0 aromatic heterocycles. The molecule has 4 nitrogen and oxygen atoms in total. The Hall–Kier alpha value is -1.62. The van der Waals surface area contributed by atoms with Crippen LogP contribution in [0.5, 0.6) is 0 Å². The van der Waals surface area contributed by atoms with E-state index in [9.17, 15) is 4.39 Å². The van der Waals surface area contributed by atoms with Gasteiger partial charge in [-0.15, -0.1) is 0 Å². The van der Waals surface area contributed by atoms with Crippen molar-refractivity contribution < 1.29 is 4.39 Å². The average Bonchev–Trinajstić information content (AvgIpc) is 3.33. The summed E-state index contributed by atoms with van der Waals surface area (Å²) in [5.41, 5.74) is 1.03. The van der Waals surface area contributed by atoms with E-state index in [-0.39, 0.29) is 5.82 Å². The van der Waals surface area contributed by atoms with Gasteiger partial charge in [-0.3, -0.25) is 9.89 Å². The summed E-state index contributed by atoms with van der Waals surface area (Å²) in [4.78, 5) is 6.71. The predicted octanol–water partition coefficient (Wildman–Crippen LogP) is 1.97. The molecule has 0 atom stereocenters. The fraction of sp³-hybridized carbons (Fsp3) is 0.562. The van der Waals surface area contributed by atoms with Crippen LogP contribution < -0.4 is 10.6 Å². The van der Waals surface area contributed by atoms with E-state index in [1.807, 2.05) is 0 Å². The van der Waals surface area contributed by atoms with E-state index in [0.717, 1.165) is 37.2 Å². The second-order valence-corrected chi connectivity index (χ2v) is 5.34. The van der Waals surface area contributed by atoms with E-state index in [0.29, 0.717) is 6.54 Å². The first-order chi connectivity index (χ1) is 10.2. The molecule has 116 valence electrons. The summed E-state index contributed by atoms with van der Waals surface area (Å²) in [5, 5.41) is 6.56. The Morgan fingerprint density at radius 2 is 2.00 bits per heavy atom. The zero-order valence-electron chi connectivity index (χ0n) is 12.9. The molecular formula is C16H25FN4. The second-order valence-electron chi connectivity index (χ2n) is 5.34. The Morgan fingerprint density at radius 3 is 2.57 bits per heavy atom. The number of nitrogens with zero attached hydrogens (tertiary/aromatic N) is 2. The maximum Gasteiger partial charge on any atom is 0.191 e. The average molecular weight is 292 g/mol. The molecule has 0 amide bonds. The Labute approximate surface area is 126 Å². The normalized spacial score (nSPS) is 15.3. The van der Waals surface area contributed by atoms with Gasteiger partial charge in [0.2, 0.25) is 0 Å². The minimum atomic E-state index is -0.207. The van der Waals surface area contributed by atoms with Crippen LogP contribution in [0.4, 0.5) is 4.39 Å². The molecular weight excluding hydrogens is 267 g/mol. The molecule has 0 bridgehead atoms. The van der Waals surface area contributed by atoms with Crippen LogP contribution >= 0.6 is 0 Å². The first-order valence-corrected chi connectivity index (χ1v) is 7.66. The molecule has 5 heteroatoms. The third-order valence-corrected chi connectivity index (χ3v) is 3.76. The van der Waals surface area contributed by atoms with Gasteiger partial charge in [0.1, 0.15) is 5.82 Å². The zero-order chi connectivity index (χ0) is 15.1. The lowest BCUT2D eigenvalue weighted by molar-refractivity contribution is 0.282. The lowest BCUT2D eigenvalue weighted by Gasteiger charge is -2.20. The summed E-state index contributed by atoms with van der Waals surface area (Å²) in [7, 11) is 1.76. The molecule has 2 N–H and O–H groups in total. The van der Waals surface area contributed by atoms with Gasteiger partial charge in [0, 0.05) is 32.7 Å². The molecule has 1 aliphatic carbocycles. The minimum absolute atomic E-state index is 0.207. The van der Waals surface area contributed by atoms with Crippen molar-refractivity contribution in [2.24, 2.45) is 4.99 Å². The maximum absolute atomic E-state index is 12.8. The number of halogens is 1. The molecule has 1 aromatic carbocycles. The summed E-state index contributed by atoms with van der Waals surface area (Å²) in [6.45, 7) is 5.87. The summed E-state index contributed by atoms with van der Waals surface area (Å²) in [6, 6.07) is 7.30. The number of nitrogens with one attached hydrogen (secondary N) is 2. The van der Waals surface area contributed by atoms with Gasteiger partial charge >= 0.3 is 0 Å². The minimum Gasteiger partial charge on any atom is -0.355 e. The molecule has 1 fully saturated rings. The number of hydrogen-bond donors (Lipinski definition) is 2. The van der Waals surface area contributed by atoms with Gasteiger partial charge in [0.15, 0.2) is 5.96 Å². The van der Waals surface area contributed by atoms with E-state index in [2.05, 4.69) is 27.4 Å². The van der Waals surface area contributed by atoms with E-state index in [1.165, 1.54) is 25.0 Å². The molecule has 21 heavy (non-hydrogen) atoms. The monoisotopic (exact) mass is 292 g/mol. The molecule has 0 aliphatic heterocycles. The summed E-state index contributed by atoms with van der Waals surface area (Å²) in [6.07, 6.45) is 2.68. The van der Waals surface area contributed by atoms with E-state index in [1.54, 1.807) is 19.2 Å². The van der Waals surface area contributed by atoms with Crippen LogP contribution in [-0.2, 0) is 6.54 Å². The van der Waals surface area contributed by atoms with Gasteiger partial charge in [-0.2, -0.15) is 0 Å². The van der Waals surface area contributed by atoms with Gasteiger partial charge in [-0.1, -0.05) is 19.1 Å². The quantitative estimate of drug-likeness (QED) is 0.596. The van der Waals surface area contributed by atoms with Crippen molar-refractivity contribution in [3.05, 3.63) is 35.6 Å². The zero-order valence-corrected chi connectivity index (χ0v) is 12.9. The lowest BCUT2D eigenvalue weighted by atomic mass is 10.2. The van der Waals surface area contributed by atoms with Crippen molar-refractivity contribution >= 4 is 5.96 Å². The third kappa shape index (κ3) is 5.34. The van der Waals surface area contributed by atoms with Crippen LogP contribution in [0.25, 0.3) is 0 Å². The van der Waals surface area contributed by atoms with Gasteiger partial charge in [0.05, 0.1) is 0 Å². The Morgan fingerprint density at radius 1 is 1.29 bits per heavy atom. The van der Waals surface area contributed by atoms with Crippen LogP contribution in [0.1, 0.15) is 25.3 Å². The van der Waals surface area contributed by atoms with Gasteiger partial charge < -0.3 is 10.6 Å². The summed E-state index contributed by atoms with van der Waals surface area (Å²) < 4.78 is 12.8. The van der Waals surface area contributed by atoms with Crippen molar-refractivity contribution in [2.75, 3.05) is 26.7 Å². The van der Waals surface area contributed by atoms with Gasteiger partial charge in [-0.05, 0) is 37.1 Å². The summed E-state index contributed by atoms with van der Waals surface area (Å²) >= 11 is 0. The molecule has 0 heterocycles. The molecule has 0 radical (unpaired) electrons. The Kier molecular flexibility index (Phi) is 5.99. The smallest absolute Gasteiger partial charge is 0.191 e. The van der Waals surface area contributed by atoms with Gasteiger partial charge in [0.25, 0.3) is 0 Å². The van der Waals surface area contributed by atoms with Crippen molar-refractivity contribution in [1.29, 1.82) is 0 Å². The Bertz CT molecular complexity index is 454. The first kappa shape index (κ1) is 15.8. The van der Waals surface area contributed by atoms with E-state index >= 15 is 0 Å². The maximum atomic E-state index is 12.8. The van der Waals surface area contributed by atoms with Crippen LogP contribution in [0.3, 0.4) is 0 Å². The Balaban J connectivity index is 1.69. The molecule has 0 spiro atoms. The van der Waals surface area contributed by atoms with Crippen molar-refractivity contribution in [1.82, 2.24) is 15.5 Å². The topological polar surface area (TPSA) is 39.7 Å². The highest BCUT2D eigenvalue weighted by molar-refractivity contribution is 5.79. The number of aliphatic imine (C=N–C) groups is 1. The number of likely N-dealkylation sites (N-methyl/N-ethyl adjacent to an activating group) is 1. The number of rotatable bonds is 7. The number of hydrogen-bond acceptors (Lipinski definition) is 2. The van der Waals surface area contributed by atoms with Crippen molar-refractivity contribution in [3.63, 3.8) is 0 Å². The predicted molar refractivity (Wildman–Crippen MR) is 84.9 cm³/mol. The summed E-state index contributed by atoms with van der Waals surface area (Å²) in [5.74, 6) is 0.576. The molecule has 0 saturated heterocycles. The van der Waals surface area contributed by atoms with Crippen LogP contribution in [0.15, 0.2) is 29.3 Å². The van der Waals surface area contributed by atoms with E-state index in [4.69, 9.17) is 0 Å². The second kappa shape index (κ2) is 7.98. The highest BCUT2D eigenvalue weighted by atomic mass is 19.1.